The number of halogens is 1. The van der Waals surface area contributed by atoms with E-state index in [0.717, 1.165) is 12.8 Å². The highest BCUT2D eigenvalue weighted by molar-refractivity contribution is 6.33. The first-order valence-electron chi connectivity index (χ1n) is 6.50. The number of hydrogen-bond donors (Lipinski definition) is 2. The first kappa shape index (κ1) is 16.3. The molecule has 0 unspecified atom stereocenters. The van der Waals surface area contributed by atoms with Gasteiger partial charge < -0.3 is 15.8 Å². The van der Waals surface area contributed by atoms with Gasteiger partial charge in [0.05, 0.1) is 16.3 Å². The van der Waals surface area contributed by atoms with Crippen LogP contribution < -0.4 is 11.1 Å². The zero-order valence-corrected chi connectivity index (χ0v) is 12.4. The van der Waals surface area contributed by atoms with Crippen molar-refractivity contribution in [1.29, 1.82) is 0 Å². The van der Waals surface area contributed by atoms with E-state index in [-0.39, 0.29) is 34.8 Å². The Kier molecular flexibility index (Phi) is 6.31. The van der Waals surface area contributed by atoms with Crippen LogP contribution in [0.2, 0.25) is 5.02 Å². The Hall–Kier alpha value is -1.75. The van der Waals surface area contributed by atoms with Crippen molar-refractivity contribution in [1.82, 2.24) is 5.32 Å². The van der Waals surface area contributed by atoms with Crippen LogP contribution in [0.5, 0.6) is 0 Å². The summed E-state index contributed by atoms with van der Waals surface area (Å²) in [4.78, 5) is 23.4. The Morgan fingerprint density at radius 3 is 2.60 bits per heavy atom. The van der Waals surface area contributed by atoms with Gasteiger partial charge in [-0.1, -0.05) is 31.5 Å². The predicted octanol–water partition coefficient (Wildman–Crippen LogP) is 2.38. The molecule has 0 atom stereocenters. The third-order valence-electron chi connectivity index (χ3n) is 2.96. The molecular weight excluding hydrogens is 280 g/mol. The molecule has 0 aliphatic carbocycles. The Balaban J connectivity index is 2.55. The molecule has 110 valence electrons. The summed E-state index contributed by atoms with van der Waals surface area (Å²) >= 11 is 5.81. The summed E-state index contributed by atoms with van der Waals surface area (Å²) in [6.07, 6.45) is 1.66. The molecule has 0 bridgehead atoms. The third-order valence-corrected chi connectivity index (χ3v) is 3.29. The molecule has 0 heterocycles. The predicted molar refractivity (Wildman–Crippen MR) is 78.7 cm³/mol. The molecule has 0 aliphatic rings. The van der Waals surface area contributed by atoms with Gasteiger partial charge in [0, 0.05) is 6.04 Å². The van der Waals surface area contributed by atoms with Crippen LogP contribution in [-0.2, 0) is 9.53 Å². The van der Waals surface area contributed by atoms with Gasteiger partial charge in [0.15, 0.2) is 6.61 Å². The number of anilines is 1. The lowest BCUT2D eigenvalue weighted by Gasteiger charge is -2.14. The van der Waals surface area contributed by atoms with Crippen molar-refractivity contribution in [2.24, 2.45) is 0 Å². The number of carbonyl (C=O) groups is 2. The molecule has 1 aromatic rings. The number of para-hydroxylation sites is 1. The number of benzene rings is 1. The molecule has 0 spiro atoms. The van der Waals surface area contributed by atoms with Crippen molar-refractivity contribution in [3.05, 3.63) is 28.8 Å². The largest absolute Gasteiger partial charge is 0.452 e. The maximum Gasteiger partial charge on any atom is 0.340 e. The van der Waals surface area contributed by atoms with Gasteiger partial charge in [-0.2, -0.15) is 0 Å². The van der Waals surface area contributed by atoms with Crippen molar-refractivity contribution >= 4 is 29.2 Å². The Morgan fingerprint density at radius 2 is 2.00 bits per heavy atom. The van der Waals surface area contributed by atoms with Gasteiger partial charge in [-0.25, -0.2) is 4.79 Å². The molecule has 0 fully saturated rings. The van der Waals surface area contributed by atoms with Gasteiger partial charge in [-0.3, -0.25) is 4.79 Å². The molecule has 0 saturated carbocycles. The summed E-state index contributed by atoms with van der Waals surface area (Å²) in [7, 11) is 0. The fraction of sp³-hybridized carbons (Fsp3) is 0.429. The highest BCUT2D eigenvalue weighted by Gasteiger charge is 2.15. The molecule has 1 aromatic carbocycles. The van der Waals surface area contributed by atoms with Crippen LogP contribution in [0.15, 0.2) is 18.2 Å². The summed E-state index contributed by atoms with van der Waals surface area (Å²) in [5, 5.41) is 3.05. The summed E-state index contributed by atoms with van der Waals surface area (Å²) in [5.41, 5.74) is 5.99. The second-order valence-electron chi connectivity index (χ2n) is 4.36. The van der Waals surface area contributed by atoms with Gasteiger partial charge >= 0.3 is 5.97 Å². The van der Waals surface area contributed by atoms with Crippen molar-refractivity contribution in [3.63, 3.8) is 0 Å². The zero-order chi connectivity index (χ0) is 15.1. The molecule has 0 radical (unpaired) electrons. The first-order valence-corrected chi connectivity index (χ1v) is 6.87. The number of rotatable bonds is 6. The molecule has 0 aromatic heterocycles. The van der Waals surface area contributed by atoms with E-state index in [1.807, 2.05) is 13.8 Å². The third kappa shape index (κ3) is 4.42. The number of nitrogen functional groups attached to an aromatic ring is 1. The van der Waals surface area contributed by atoms with Gasteiger partial charge in [0.25, 0.3) is 5.91 Å². The van der Waals surface area contributed by atoms with E-state index in [1.54, 1.807) is 12.1 Å². The standard InChI is InChI=1S/C14H19ClN2O3/c1-3-9(4-2)17-12(18)8-20-14(19)10-6-5-7-11(15)13(10)16/h5-7,9H,3-4,8,16H2,1-2H3,(H,17,18). The van der Waals surface area contributed by atoms with Crippen LogP contribution in [-0.4, -0.2) is 24.5 Å². The van der Waals surface area contributed by atoms with Crippen LogP contribution in [0, 0.1) is 0 Å². The summed E-state index contributed by atoms with van der Waals surface area (Å²) in [6, 6.07) is 4.77. The maximum atomic E-state index is 11.8. The fourth-order valence-electron chi connectivity index (χ4n) is 1.69. The molecule has 0 saturated heterocycles. The lowest BCUT2D eigenvalue weighted by atomic mass is 10.2. The molecule has 6 heteroatoms. The number of carbonyl (C=O) groups excluding carboxylic acids is 2. The van der Waals surface area contributed by atoms with Crippen molar-refractivity contribution < 1.29 is 14.3 Å². The molecular formula is C14H19ClN2O3. The number of nitrogens with two attached hydrogens (primary N) is 1. The molecule has 5 nitrogen and oxygen atoms in total. The lowest BCUT2D eigenvalue weighted by Crippen LogP contribution is -2.36. The van der Waals surface area contributed by atoms with Gasteiger partial charge in [0.1, 0.15) is 0 Å². The normalized spacial score (nSPS) is 10.4. The van der Waals surface area contributed by atoms with Crippen LogP contribution in [0.1, 0.15) is 37.0 Å². The van der Waals surface area contributed by atoms with E-state index in [2.05, 4.69) is 5.32 Å². The average molecular weight is 299 g/mol. The fourth-order valence-corrected chi connectivity index (χ4v) is 1.86. The second-order valence-corrected chi connectivity index (χ2v) is 4.77. The summed E-state index contributed by atoms with van der Waals surface area (Å²) in [5.74, 6) is -0.989. The monoisotopic (exact) mass is 298 g/mol. The van der Waals surface area contributed by atoms with E-state index < -0.39 is 5.97 Å². The molecule has 0 aliphatic heterocycles. The Bertz CT molecular complexity index is 487. The molecule has 1 amide bonds. The van der Waals surface area contributed by atoms with Gasteiger partial charge in [-0.15, -0.1) is 0 Å². The SMILES string of the molecule is CCC(CC)NC(=O)COC(=O)c1cccc(Cl)c1N. The Labute approximate surface area is 123 Å². The quantitative estimate of drug-likeness (QED) is 0.624. The van der Waals surface area contributed by atoms with E-state index in [0.29, 0.717) is 0 Å². The smallest absolute Gasteiger partial charge is 0.340 e. The van der Waals surface area contributed by atoms with Crippen LogP contribution in [0.3, 0.4) is 0 Å². The van der Waals surface area contributed by atoms with E-state index in [4.69, 9.17) is 22.1 Å². The van der Waals surface area contributed by atoms with Crippen molar-refractivity contribution in [2.45, 2.75) is 32.7 Å². The minimum Gasteiger partial charge on any atom is -0.452 e. The van der Waals surface area contributed by atoms with Crippen LogP contribution in [0.4, 0.5) is 5.69 Å². The maximum absolute atomic E-state index is 11.8. The van der Waals surface area contributed by atoms with Crippen LogP contribution in [0.25, 0.3) is 0 Å². The molecule has 1 rings (SSSR count). The highest BCUT2D eigenvalue weighted by Crippen LogP contribution is 2.22. The number of hydrogen-bond acceptors (Lipinski definition) is 4. The van der Waals surface area contributed by atoms with Gasteiger partial charge in [-0.05, 0) is 25.0 Å². The lowest BCUT2D eigenvalue weighted by molar-refractivity contribution is -0.125. The number of ether oxygens (including phenoxy) is 1. The highest BCUT2D eigenvalue weighted by atomic mass is 35.5. The zero-order valence-electron chi connectivity index (χ0n) is 11.6. The minimum absolute atomic E-state index is 0.0949. The van der Waals surface area contributed by atoms with E-state index in [1.165, 1.54) is 6.07 Å². The number of amides is 1. The minimum atomic E-state index is -0.662. The van der Waals surface area contributed by atoms with E-state index >= 15 is 0 Å². The summed E-state index contributed by atoms with van der Waals surface area (Å²) < 4.78 is 4.93. The topological polar surface area (TPSA) is 81.4 Å². The first-order chi connectivity index (χ1) is 9.49. The Morgan fingerprint density at radius 1 is 1.35 bits per heavy atom. The molecule has 20 heavy (non-hydrogen) atoms. The molecule has 3 N–H and O–H groups in total. The van der Waals surface area contributed by atoms with Crippen molar-refractivity contribution in [2.75, 3.05) is 12.3 Å². The summed E-state index contributed by atoms with van der Waals surface area (Å²) in [6.45, 7) is 3.63. The van der Waals surface area contributed by atoms with Gasteiger partial charge in [0.2, 0.25) is 0 Å². The second kappa shape index (κ2) is 7.75. The van der Waals surface area contributed by atoms with E-state index in [9.17, 15) is 9.59 Å². The van der Waals surface area contributed by atoms with Crippen molar-refractivity contribution in [3.8, 4) is 0 Å². The van der Waals surface area contributed by atoms with Crippen LogP contribution >= 0.6 is 11.6 Å². The average Bonchev–Trinajstić information content (AvgIpc) is 2.45. The number of nitrogens with one attached hydrogen (secondary N) is 1. The number of esters is 1.